The van der Waals surface area contributed by atoms with Gasteiger partial charge in [-0.15, -0.1) is 0 Å². The quantitative estimate of drug-likeness (QED) is 0.778. The normalized spacial score (nSPS) is 16.6. The second-order valence-corrected chi connectivity index (χ2v) is 4.19. The monoisotopic (exact) mass is 191 g/mol. The van der Waals surface area contributed by atoms with Gasteiger partial charge in [0.25, 0.3) is 0 Å². The van der Waals surface area contributed by atoms with Crippen LogP contribution in [0.4, 0.5) is 0 Å². The van der Waals surface area contributed by atoms with E-state index in [1.807, 2.05) is 12.1 Å². The highest BCUT2D eigenvalue weighted by Gasteiger charge is 2.20. The van der Waals surface area contributed by atoms with Crippen LogP contribution in [-0.2, 0) is 6.42 Å². The highest BCUT2D eigenvalue weighted by atomic mass is 16.5. The van der Waals surface area contributed by atoms with E-state index in [2.05, 4.69) is 19.9 Å². The molecule has 0 radical (unpaired) electrons. The zero-order valence-electron chi connectivity index (χ0n) is 8.79. The van der Waals surface area contributed by atoms with Gasteiger partial charge in [-0.1, -0.05) is 26.0 Å². The van der Waals surface area contributed by atoms with Crippen molar-refractivity contribution in [2.24, 2.45) is 11.7 Å². The van der Waals surface area contributed by atoms with Crippen molar-refractivity contribution in [3.63, 3.8) is 0 Å². The van der Waals surface area contributed by atoms with Crippen LogP contribution in [0.3, 0.4) is 0 Å². The first-order valence-electron chi connectivity index (χ1n) is 5.20. The Kier molecular flexibility index (Phi) is 2.46. The molecule has 0 bridgehead atoms. The molecule has 1 aliphatic rings. The van der Waals surface area contributed by atoms with Gasteiger partial charge in [0, 0.05) is 18.0 Å². The van der Waals surface area contributed by atoms with E-state index in [-0.39, 0.29) is 6.04 Å². The SMILES string of the molecule is CC(C)C(N)c1cccc2c1CCO2. The van der Waals surface area contributed by atoms with Gasteiger partial charge in [0.1, 0.15) is 5.75 Å². The molecule has 1 unspecified atom stereocenters. The fraction of sp³-hybridized carbons (Fsp3) is 0.500. The van der Waals surface area contributed by atoms with Gasteiger partial charge in [0.2, 0.25) is 0 Å². The lowest BCUT2D eigenvalue weighted by atomic mass is 9.92. The summed E-state index contributed by atoms with van der Waals surface area (Å²) in [6.45, 7) is 5.11. The number of hydrogen-bond donors (Lipinski definition) is 1. The van der Waals surface area contributed by atoms with Crippen LogP contribution in [0.15, 0.2) is 18.2 Å². The summed E-state index contributed by atoms with van der Waals surface area (Å²) in [4.78, 5) is 0. The first kappa shape index (κ1) is 9.53. The Morgan fingerprint density at radius 2 is 2.14 bits per heavy atom. The van der Waals surface area contributed by atoms with Crippen molar-refractivity contribution < 1.29 is 4.74 Å². The Morgan fingerprint density at radius 3 is 2.86 bits per heavy atom. The standard InChI is InChI=1S/C12H17NO/c1-8(2)12(13)10-4-3-5-11-9(10)6-7-14-11/h3-5,8,12H,6-7,13H2,1-2H3. The highest BCUT2D eigenvalue weighted by Crippen LogP contribution is 2.32. The molecule has 0 spiro atoms. The molecule has 2 nitrogen and oxygen atoms in total. The number of fused-ring (bicyclic) bond motifs is 1. The maximum Gasteiger partial charge on any atom is 0.122 e. The summed E-state index contributed by atoms with van der Waals surface area (Å²) in [7, 11) is 0. The first-order chi connectivity index (χ1) is 6.70. The van der Waals surface area contributed by atoms with Gasteiger partial charge in [-0.3, -0.25) is 0 Å². The van der Waals surface area contributed by atoms with Crippen molar-refractivity contribution in [3.05, 3.63) is 29.3 Å². The molecule has 76 valence electrons. The van der Waals surface area contributed by atoms with Gasteiger partial charge in [-0.25, -0.2) is 0 Å². The van der Waals surface area contributed by atoms with Crippen LogP contribution in [0, 0.1) is 5.92 Å². The molecule has 1 atom stereocenters. The lowest BCUT2D eigenvalue weighted by molar-refractivity contribution is 0.357. The summed E-state index contributed by atoms with van der Waals surface area (Å²) in [5, 5.41) is 0. The second kappa shape index (κ2) is 3.62. The third-order valence-electron chi connectivity index (χ3n) is 2.86. The van der Waals surface area contributed by atoms with E-state index in [1.54, 1.807) is 0 Å². The maximum atomic E-state index is 6.16. The van der Waals surface area contributed by atoms with Crippen LogP contribution in [0.25, 0.3) is 0 Å². The van der Waals surface area contributed by atoms with Crippen molar-refractivity contribution in [2.75, 3.05) is 6.61 Å². The molecule has 1 aromatic carbocycles. The van der Waals surface area contributed by atoms with Crippen LogP contribution in [0.5, 0.6) is 5.75 Å². The molecule has 0 aliphatic carbocycles. The van der Waals surface area contributed by atoms with E-state index in [9.17, 15) is 0 Å². The molecule has 0 amide bonds. The molecule has 1 aliphatic heterocycles. The van der Waals surface area contributed by atoms with Gasteiger partial charge >= 0.3 is 0 Å². The Labute approximate surface area is 85.1 Å². The summed E-state index contributed by atoms with van der Waals surface area (Å²) in [5.41, 5.74) is 8.73. The summed E-state index contributed by atoms with van der Waals surface area (Å²) in [5.74, 6) is 1.50. The van der Waals surface area contributed by atoms with Gasteiger partial charge in [-0.05, 0) is 17.5 Å². The Morgan fingerprint density at radius 1 is 1.36 bits per heavy atom. The van der Waals surface area contributed by atoms with Crippen molar-refractivity contribution >= 4 is 0 Å². The zero-order valence-corrected chi connectivity index (χ0v) is 8.79. The average molecular weight is 191 g/mol. The van der Waals surface area contributed by atoms with E-state index >= 15 is 0 Å². The fourth-order valence-electron chi connectivity index (χ4n) is 1.92. The minimum absolute atomic E-state index is 0.131. The van der Waals surface area contributed by atoms with Crippen LogP contribution < -0.4 is 10.5 Å². The third-order valence-corrected chi connectivity index (χ3v) is 2.86. The molecular weight excluding hydrogens is 174 g/mol. The highest BCUT2D eigenvalue weighted by molar-refractivity contribution is 5.44. The number of nitrogens with two attached hydrogens (primary N) is 1. The topological polar surface area (TPSA) is 35.2 Å². The first-order valence-corrected chi connectivity index (χ1v) is 5.20. The van der Waals surface area contributed by atoms with Gasteiger partial charge < -0.3 is 10.5 Å². The van der Waals surface area contributed by atoms with Gasteiger partial charge in [-0.2, -0.15) is 0 Å². The zero-order chi connectivity index (χ0) is 10.1. The van der Waals surface area contributed by atoms with Gasteiger partial charge in [0.05, 0.1) is 6.61 Å². The Bertz CT molecular complexity index is 333. The van der Waals surface area contributed by atoms with E-state index in [0.29, 0.717) is 5.92 Å². The molecule has 2 N–H and O–H groups in total. The summed E-state index contributed by atoms with van der Waals surface area (Å²) < 4.78 is 5.51. The van der Waals surface area contributed by atoms with Crippen LogP contribution in [-0.4, -0.2) is 6.61 Å². The third kappa shape index (κ3) is 1.50. The summed E-state index contributed by atoms with van der Waals surface area (Å²) in [6, 6.07) is 6.31. The number of ether oxygens (including phenoxy) is 1. The molecule has 2 heteroatoms. The molecule has 1 heterocycles. The summed E-state index contributed by atoms with van der Waals surface area (Å²) in [6.07, 6.45) is 1.01. The molecule has 0 saturated heterocycles. The van der Waals surface area contributed by atoms with E-state index in [1.165, 1.54) is 11.1 Å². The molecule has 14 heavy (non-hydrogen) atoms. The number of rotatable bonds is 2. The number of benzene rings is 1. The predicted octanol–water partition coefficient (Wildman–Crippen LogP) is 2.28. The van der Waals surface area contributed by atoms with E-state index in [4.69, 9.17) is 10.5 Å². The van der Waals surface area contributed by atoms with E-state index in [0.717, 1.165) is 18.8 Å². The molecule has 0 fully saturated rings. The Hall–Kier alpha value is -1.02. The fourth-order valence-corrected chi connectivity index (χ4v) is 1.92. The van der Waals surface area contributed by atoms with Crippen LogP contribution in [0.2, 0.25) is 0 Å². The van der Waals surface area contributed by atoms with Crippen molar-refractivity contribution in [2.45, 2.75) is 26.3 Å². The predicted molar refractivity (Wildman–Crippen MR) is 57.4 cm³/mol. The molecule has 0 saturated carbocycles. The average Bonchev–Trinajstić information content (AvgIpc) is 2.63. The van der Waals surface area contributed by atoms with E-state index < -0.39 is 0 Å². The van der Waals surface area contributed by atoms with Gasteiger partial charge in [0.15, 0.2) is 0 Å². The lowest BCUT2D eigenvalue weighted by Crippen LogP contribution is -2.18. The summed E-state index contributed by atoms with van der Waals surface area (Å²) >= 11 is 0. The minimum atomic E-state index is 0.131. The van der Waals surface area contributed by atoms with Crippen LogP contribution in [0.1, 0.15) is 31.0 Å². The Balaban J connectivity index is 2.39. The van der Waals surface area contributed by atoms with Crippen molar-refractivity contribution in [1.82, 2.24) is 0 Å². The van der Waals surface area contributed by atoms with Crippen molar-refractivity contribution in [3.8, 4) is 5.75 Å². The number of hydrogen-bond acceptors (Lipinski definition) is 2. The largest absolute Gasteiger partial charge is 0.493 e. The van der Waals surface area contributed by atoms with Crippen molar-refractivity contribution in [1.29, 1.82) is 0 Å². The minimum Gasteiger partial charge on any atom is -0.493 e. The van der Waals surface area contributed by atoms with Crippen LogP contribution >= 0.6 is 0 Å². The molecule has 2 rings (SSSR count). The smallest absolute Gasteiger partial charge is 0.122 e. The second-order valence-electron chi connectivity index (χ2n) is 4.19. The lowest BCUT2D eigenvalue weighted by Gasteiger charge is -2.18. The molecular formula is C12H17NO. The molecule has 1 aromatic rings. The molecule has 0 aromatic heterocycles. The maximum absolute atomic E-state index is 6.16.